The van der Waals surface area contributed by atoms with Gasteiger partial charge in [-0.15, -0.1) is 0 Å². The Balaban J connectivity index is 0.000000168. The maximum absolute atomic E-state index is 9.85. The highest BCUT2D eigenvalue weighted by molar-refractivity contribution is 7.81. The average Bonchev–Trinajstić information content (AvgIpc) is 2.76. The van der Waals surface area contributed by atoms with Crippen LogP contribution in [0.3, 0.4) is 0 Å². The molecule has 0 fully saturated rings. The van der Waals surface area contributed by atoms with Crippen molar-refractivity contribution in [2.75, 3.05) is 0 Å². The maximum atomic E-state index is 9.85. The van der Waals surface area contributed by atoms with Crippen molar-refractivity contribution in [2.24, 2.45) is 0 Å². The second kappa shape index (κ2) is 6.06. The number of hydrogen-bond acceptors (Lipinski definition) is 5. The van der Waals surface area contributed by atoms with E-state index in [0.717, 1.165) is 5.52 Å². The molecule has 2 heterocycles. The van der Waals surface area contributed by atoms with Gasteiger partial charge >= 0.3 is 5.97 Å². The zero-order valence-corrected chi connectivity index (χ0v) is 9.56. The van der Waals surface area contributed by atoms with Crippen LogP contribution in [0.15, 0.2) is 18.9 Å². The molecule has 0 bridgehead atoms. The van der Waals surface area contributed by atoms with Crippen LogP contribution in [0.2, 0.25) is 0 Å². The van der Waals surface area contributed by atoms with E-state index in [9.17, 15) is 4.79 Å². The molecule has 0 saturated heterocycles. The first-order valence-corrected chi connectivity index (χ1v) is 5.16. The molecule has 0 aliphatic heterocycles. The molecule has 6 nitrogen and oxygen atoms in total. The molecule has 86 valence electrons. The molecule has 0 spiro atoms. The van der Waals surface area contributed by atoms with Crippen LogP contribution in [0.25, 0.3) is 11.2 Å². The first kappa shape index (κ1) is 12.4. The first-order chi connectivity index (χ1) is 7.65. The number of carboxylic acids is 1. The molecule has 7 heteroatoms. The van der Waals surface area contributed by atoms with Crippen LogP contribution in [0.5, 0.6) is 0 Å². The number of hydrogen-bond donors (Lipinski definition) is 3. The van der Waals surface area contributed by atoms with Gasteiger partial charge < -0.3 is 10.1 Å². The third kappa shape index (κ3) is 3.50. The lowest BCUT2D eigenvalue weighted by Gasteiger charge is -1.95. The van der Waals surface area contributed by atoms with Gasteiger partial charge in [0.15, 0.2) is 5.65 Å². The molecule has 0 saturated carbocycles. The van der Waals surface area contributed by atoms with E-state index in [0.29, 0.717) is 12.1 Å². The molecule has 2 aromatic heterocycles. The Hall–Kier alpha value is -1.63. The van der Waals surface area contributed by atoms with E-state index in [1.807, 2.05) is 0 Å². The number of fused-ring (bicyclic) bond motifs is 1. The van der Waals surface area contributed by atoms with Crippen LogP contribution in [0, 0.1) is 0 Å². The van der Waals surface area contributed by atoms with Gasteiger partial charge in [-0.25, -0.2) is 15.0 Å². The number of aromatic nitrogens is 4. The summed E-state index contributed by atoms with van der Waals surface area (Å²) >= 11 is 3.73. The Bertz CT molecular complexity index is 429. The normalized spacial score (nSPS) is 11.6. The quantitative estimate of drug-likeness (QED) is 0.684. The summed E-state index contributed by atoms with van der Waals surface area (Å²) in [5.74, 6) is -0.842. The predicted octanol–water partition coefficient (Wildman–Crippen LogP) is 1.13. The molecular weight excluding hydrogens is 228 g/mol. The van der Waals surface area contributed by atoms with E-state index in [2.05, 4.69) is 32.6 Å². The minimum atomic E-state index is -0.842. The van der Waals surface area contributed by atoms with E-state index in [4.69, 9.17) is 5.11 Å². The highest BCUT2D eigenvalue weighted by atomic mass is 32.1. The second-order valence-corrected chi connectivity index (χ2v) is 3.55. The van der Waals surface area contributed by atoms with Gasteiger partial charge in [-0.05, 0) is 6.42 Å². The van der Waals surface area contributed by atoms with Crippen molar-refractivity contribution >= 4 is 29.8 Å². The summed E-state index contributed by atoms with van der Waals surface area (Å²) in [6, 6.07) is 0. The zero-order chi connectivity index (χ0) is 12.0. The number of carbonyl (C=O) groups is 1. The standard InChI is InChI=1S/C5H4N4.C4H8O2S/c1-4-5(8-2-6-1)9-3-7-4;1-2-3(7)4(5)6/h1-3H,(H,6,7,8,9);3,7H,2H2,1H3,(H,5,6). The molecule has 1 unspecified atom stereocenters. The van der Waals surface area contributed by atoms with Crippen molar-refractivity contribution in [3.8, 4) is 0 Å². The van der Waals surface area contributed by atoms with Gasteiger partial charge in [0.1, 0.15) is 11.8 Å². The summed E-state index contributed by atoms with van der Waals surface area (Å²) < 4.78 is 0. The van der Waals surface area contributed by atoms with Crippen molar-refractivity contribution < 1.29 is 9.90 Å². The van der Waals surface area contributed by atoms with Gasteiger partial charge in [-0.2, -0.15) is 12.6 Å². The van der Waals surface area contributed by atoms with Gasteiger partial charge in [0, 0.05) is 0 Å². The Morgan fingerprint density at radius 3 is 2.88 bits per heavy atom. The highest BCUT2D eigenvalue weighted by Gasteiger charge is 2.06. The Morgan fingerprint density at radius 2 is 2.38 bits per heavy atom. The Morgan fingerprint density at radius 1 is 1.62 bits per heavy atom. The number of imidazole rings is 1. The van der Waals surface area contributed by atoms with Gasteiger partial charge in [0.2, 0.25) is 0 Å². The lowest BCUT2D eigenvalue weighted by molar-refractivity contribution is -0.136. The number of nitrogens with zero attached hydrogens (tertiary/aromatic N) is 3. The number of H-pyrrole nitrogens is 1. The number of rotatable bonds is 2. The van der Waals surface area contributed by atoms with Crippen LogP contribution < -0.4 is 0 Å². The van der Waals surface area contributed by atoms with Crippen LogP contribution >= 0.6 is 12.6 Å². The lowest BCUT2D eigenvalue weighted by Crippen LogP contribution is -2.10. The highest BCUT2D eigenvalue weighted by Crippen LogP contribution is 1.99. The second-order valence-electron chi connectivity index (χ2n) is 2.92. The third-order valence-electron chi connectivity index (χ3n) is 1.77. The van der Waals surface area contributed by atoms with Gasteiger partial charge in [-0.1, -0.05) is 6.92 Å². The number of thiol groups is 1. The van der Waals surface area contributed by atoms with E-state index in [-0.39, 0.29) is 0 Å². The smallest absolute Gasteiger partial charge is 0.316 e. The summed E-state index contributed by atoms with van der Waals surface area (Å²) in [6.45, 7) is 1.78. The fourth-order valence-corrected chi connectivity index (χ4v) is 0.865. The minimum absolute atomic E-state index is 0.486. The molecule has 0 aliphatic carbocycles. The molecule has 0 aromatic carbocycles. The number of aliphatic carboxylic acids is 1. The fourth-order valence-electron chi connectivity index (χ4n) is 0.865. The number of nitrogens with one attached hydrogen (secondary N) is 1. The van der Waals surface area contributed by atoms with Crippen LogP contribution in [0.1, 0.15) is 13.3 Å². The summed E-state index contributed by atoms with van der Waals surface area (Å²) in [6.07, 6.45) is 5.34. The average molecular weight is 240 g/mol. The van der Waals surface area contributed by atoms with Gasteiger partial charge in [-0.3, -0.25) is 4.79 Å². The third-order valence-corrected chi connectivity index (χ3v) is 2.36. The molecule has 2 aromatic rings. The topological polar surface area (TPSA) is 91.8 Å². The lowest BCUT2D eigenvalue weighted by atomic mass is 10.3. The molecule has 16 heavy (non-hydrogen) atoms. The van der Waals surface area contributed by atoms with E-state index < -0.39 is 11.2 Å². The summed E-state index contributed by atoms with van der Waals surface area (Å²) in [5.41, 5.74) is 1.59. The van der Waals surface area contributed by atoms with E-state index in [1.165, 1.54) is 6.33 Å². The van der Waals surface area contributed by atoms with Crippen molar-refractivity contribution in [3.63, 3.8) is 0 Å². The predicted molar refractivity (Wildman–Crippen MR) is 62.4 cm³/mol. The first-order valence-electron chi connectivity index (χ1n) is 4.65. The minimum Gasteiger partial charge on any atom is -0.480 e. The summed E-state index contributed by atoms with van der Waals surface area (Å²) in [7, 11) is 0. The largest absolute Gasteiger partial charge is 0.480 e. The van der Waals surface area contributed by atoms with Crippen molar-refractivity contribution in [2.45, 2.75) is 18.6 Å². The van der Waals surface area contributed by atoms with Crippen LogP contribution in [0.4, 0.5) is 0 Å². The summed E-state index contributed by atoms with van der Waals surface area (Å²) in [5, 5.41) is 7.62. The maximum Gasteiger partial charge on any atom is 0.316 e. The zero-order valence-electron chi connectivity index (χ0n) is 8.66. The number of aromatic amines is 1. The van der Waals surface area contributed by atoms with E-state index >= 15 is 0 Å². The molecule has 2 rings (SSSR count). The van der Waals surface area contributed by atoms with Gasteiger partial charge in [0.25, 0.3) is 0 Å². The SMILES string of the molecule is CCC(S)C(=O)O.c1ncc2[nH]cnc2n1. The molecule has 0 aliphatic rings. The molecule has 0 amide bonds. The molecule has 2 N–H and O–H groups in total. The van der Waals surface area contributed by atoms with Crippen molar-refractivity contribution in [1.82, 2.24) is 19.9 Å². The Labute approximate surface area is 97.6 Å². The number of carboxylic acid groups (broad SMARTS) is 1. The monoisotopic (exact) mass is 240 g/mol. The molecular formula is C9H12N4O2S. The van der Waals surface area contributed by atoms with Crippen LogP contribution in [-0.4, -0.2) is 36.3 Å². The fraction of sp³-hybridized carbons (Fsp3) is 0.333. The van der Waals surface area contributed by atoms with Gasteiger partial charge in [0.05, 0.1) is 17.8 Å². The molecule has 0 radical (unpaired) electrons. The summed E-state index contributed by atoms with van der Waals surface area (Å²) in [4.78, 5) is 24.3. The Kier molecular flexibility index (Phi) is 4.71. The van der Waals surface area contributed by atoms with Crippen molar-refractivity contribution in [3.05, 3.63) is 18.9 Å². The van der Waals surface area contributed by atoms with E-state index in [1.54, 1.807) is 19.4 Å². The molecule has 1 atom stereocenters. The van der Waals surface area contributed by atoms with Crippen LogP contribution in [-0.2, 0) is 4.79 Å². The van der Waals surface area contributed by atoms with Crippen molar-refractivity contribution in [1.29, 1.82) is 0 Å².